The molecule has 106 valence electrons. The summed E-state index contributed by atoms with van der Waals surface area (Å²) in [6.07, 6.45) is -0.0219. The van der Waals surface area contributed by atoms with Crippen LogP contribution in [0, 0.1) is 5.41 Å². The van der Waals surface area contributed by atoms with Gasteiger partial charge in [-0.2, -0.15) is 0 Å². The Morgan fingerprint density at radius 2 is 1.56 bits per heavy atom. The second-order valence-corrected chi connectivity index (χ2v) is 14.2. The van der Waals surface area contributed by atoms with Crippen LogP contribution in [0.25, 0.3) is 0 Å². The molecule has 0 aromatic carbocycles. The van der Waals surface area contributed by atoms with E-state index in [0.29, 0.717) is 5.78 Å². The van der Waals surface area contributed by atoms with Gasteiger partial charge in [0.05, 0.1) is 14.2 Å². The summed E-state index contributed by atoms with van der Waals surface area (Å²) in [5.74, 6) is 0.335. The molecule has 1 heterocycles. The Morgan fingerprint density at radius 3 is 1.83 bits per heavy atom. The van der Waals surface area contributed by atoms with Gasteiger partial charge < -0.3 is 4.74 Å². The molecule has 0 aliphatic carbocycles. The quantitative estimate of drug-likeness (QED) is 0.566. The summed E-state index contributed by atoms with van der Waals surface area (Å²) in [6.45, 7) is 20.0. The third-order valence-corrected chi connectivity index (χ3v) is 11.4. The first-order valence-corrected chi connectivity index (χ1v) is 10.1. The molecule has 2 nitrogen and oxygen atoms in total. The van der Waals surface area contributed by atoms with Crippen molar-refractivity contribution in [3.05, 3.63) is 0 Å². The van der Waals surface area contributed by atoms with Crippen LogP contribution in [0.4, 0.5) is 0 Å². The summed E-state index contributed by atoms with van der Waals surface area (Å²) in [7, 11) is -1.61. The van der Waals surface area contributed by atoms with Crippen LogP contribution in [0.3, 0.4) is 0 Å². The summed E-state index contributed by atoms with van der Waals surface area (Å²) in [5.41, 5.74) is 0.239. The highest BCUT2D eigenvalue weighted by Crippen LogP contribution is 2.47. The topological polar surface area (TPSA) is 29.6 Å². The van der Waals surface area contributed by atoms with E-state index in [1.54, 1.807) is 0 Å². The smallest absolute Gasteiger partial charge is 0.164 e. The zero-order valence-corrected chi connectivity index (χ0v) is 14.5. The lowest BCUT2D eigenvalue weighted by Gasteiger charge is -2.41. The molecule has 0 radical (unpaired) electrons. The Kier molecular flexibility index (Phi) is 3.93. The standard InChI is InChI=1S/C15H30O2Si/c1-10(18(8,9)15(5,6)7)11(16)12-13(17-12)14(2,3)4/h10,12-13H,1-9H3/t10-,12+,13-/m0/s1. The van der Waals surface area contributed by atoms with Crippen LogP contribution in [0.5, 0.6) is 0 Å². The molecule has 0 spiro atoms. The molecule has 18 heavy (non-hydrogen) atoms. The highest BCUT2D eigenvalue weighted by atomic mass is 28.3. The molecule has 0 unspecified atom stereocenters. The van der Waals surface area contributed by atoms with Crippen LogP contribution < -0.4 is 0 Å². The lowest BCUT2D eigenvalue weighted by Crippen LogP contribution is -2.45. The third kappa shape index (κ3) is 2.88. The van der Waals surface area contributed by atoms with Gasteiger partial charge in [0.2, 0.25) is 0 Å². The first-order valence-electron chi connectivity index (χ1n) is 6.99. The minimum absolute atomic E-state index is 0.0769. The molecule has 0 amide bonds. The number of carbonyl (C=O) groups is 1. The van der Waals surface area contributed by atoms with Gasteiger partial charge in [-0.05, 0) is 10.5 Å². The van der Waals surface area contributed by atoms with Crippen molar-refractivity contribution in [1.29, 1.82) is 0 Å². The van der Waals surface area contributed by atoms with Crippen LogP contribution in [0.2, 0.25) is 23.7 Å². The number of epoxide rings is 1. The molecule has 0 saturated carbocycles. The number of hydrogen-bond acceptors (Lipinski definition) is 2. The minimum atomic E-state index is -1.61. The van der Waals surface area contributed by atoms with Gasteiger partial charge >= 0.3 is 0 Å². The normalized spacial score (nSPS) is 26.9. The van der Waals surface area contributed by atoms with E-state index in [-0.39, 0.29) is 28.2 Å². The average molecular weight is 270 g/mol. The maximum absolute atomic E-state index is 12.6. The molecule has 1 aliphatic heterocycles. The van der Waals surface area contributed by atoms with E-state index in [4.69, 9.17) is 4.74 Å². The van der Waals surface area contributed by atoms with Gasteiger partial charge in [-0.3, -0.25) is 4.79 Å². The molecular formula is C15H30O2Si. The summed E-state index contributed by atoms with van der Waals surface area (Å²) >= 11 is 0. The van der Waals surface area contributed by atoms with Crippen molar-refractivity contribution in [1.82, 2.24) is 0 Å². The van der Waals surface area contributed by atoms with E-state index in [2.05, 4.69) is 61.6 Å². The van der Waals surface area contributed by atoms with Gasteiger partial charge in [0.1, 0.15) is 6.10 Å². The average Bonchev–Trinajstić information content (AvgIpc) is 2.91. The Balaban J connectivity index is 2.76. The van der Waals surface area contributed by atoms with E-state index in [1.165, 1.54) is 0 Å². The third-order valence-electron chi connectivity index (χ3n) is 5.07. The van der Waals surface area contributed by atoms with Gasteiger partial charge in [0.15, 0.2) is 5.78 Å². The summed E-state index contributed by atoms with van der Waals surface area (Å²) in [5, 5.41) is 0.244. The molecule has 1 rings (SSSR count). The van der Waals surface area contributed by atoms with E-state index < -0.39 is 8.07 Å². The van der Waals surface area contributed by atoms with Crippen molar-refractivity contribution in [2.75, 3.05) is 0 Å². The molecule has 1 saturated heterocycles. The monoisotopic (exact) mass is 270 g/mol. The van der Waals surface area contributed by atoms with E-state index in [0.717, 1.165) is 0 Å². The number of rotatable bonds is 3. The molecule has 1 aliphatic rings. The SMILES string of the molecule is C[C@@H](C(=O)[C@H]1O[C@@H]1C(C)(C)C)[Si](C)(C)C(C)(C)C. The summed E-state index contributed by atoms with van der Waals surface area (Å²) in [6, 6.07) is 0. The van der Waals surface area contributed by atoms with Gasteiger partial charge in [-0.25, -0.2) is 0 Å². The lowest BCUT2D eigenvalue weighted by atomic mass is 9.89. The van der Waals surface area contributed by atoms with Crippen LogP contribution in [0.1, 0.15) is 48.5 Å². The Hall–Kier alpha value is -0.153. The Bertz CT molecular complexity index is 333. The van der Waals surface area contributed by atoms with Gasteiger partial charge in [0.25, 0.3) is 0 Å². The number of Topliss-reactive ketones (excluding diaryl/α,β-unsaturated/α-hetero) is 1. The first-order chi connectivity index (χ1) is 7.80. The number of hydrogen-bond donors (Lipinski definition) is 0. The fourth-order valence-corrected chi connectivity index (χ4v) is 4.41. The van der Waals surface area contributed by atoms with Crippen molar-refractivity contribution >= 4 is 13.9 Å². The van der Waals surface area contributed by atoms with Crippen molar-refractivity contribution < 1.29 is 9.53 Å². The molecule has 0 bridgehead atoms. The fraction of sp³-hybridized carbons (Fsp3) is 0.933. The van der Waals surface area contributed by atoms with E-state index in [1.807, 2.05) is 0 Å². The second kappa shape index (κ2) is 4.45. The van der Waals surface area contributed by atoms with Crippen LogP contribution in [0.15, 0.2) is 0 Å². The van der Waals surface area contributed by atoms with Gasteiger partial charge in [-0.15, -0.1) is 0 Å². The summed E-state index contributed by atoms with van der Waals surface area (Å²) < 4.78 is 5.64. The highest BCUT2D eigenvalue weighted by Gasteiger charge is 2.55. The zero-order chi connectivity index (χ0) is 14.5. The molecule has 3 atom stereocenters. The maximum atomic E-state index is 12.6. The maximum Gasteiger partial charge on any atom is 0.164 e. The van der Waals surface area contributed by atoms with E-state index in [9.17, 15) is 4.79 Å². The molecule has 0 aromatic heterocycles. The van der Waals surface area contributed by atoms with E-state index >= 15 is 0 Å². The van der Waals surface area contributed by atoms with Crippen LogP contribution >= 0.6 is 0 Å². The Labute approximate surface area is 113 Å². The first kappa shape index (κ1) is 15.9. The van der Waals surface area contributed by atoms with Crippen LogP contribution in [-0.4, -0.2) is 26.1 Å². The molecule has 3 heteroatoms. The zero-order valence-electron chi connectivity index (χ0n) is 13.5. The lowest BCUT2D eigenvalue weighted by molar-refractivity contribution is -0.120. The van der Waals surface area contributed by atoms with Crippen molar-refractivity contribution in [3.63, 3.8) is 0 Å². The van der Waals surface area contributed by atoms with Gasteiger partial charge in [0, 0.05) is 5.54 Å². The Morgan fingerprint density at radius 1 is 1.11 bits per heavy atom. The number of ether oxygens (including phenoxy) is 1. The minimum Gasteiger partial charge on any atom is -0.361 e. The van der Waals surface area contributed by atoms with Gasteiger partial charge in [-0.1, -0.05) is 61.6 Å². The number of carbonyl (C=O) groups excluding carboxylic acids is 1. The number of ketones is 1. The predicted octanol–water partition coefficient (Wildman–Crippen LogP) is 4.27. The molecular weight excluding hydrogens is 240 g/mol. The highest BCUT2D eigenvalue weighted by molar-refractivity contribution is 6.84. The largest absolute Gasteiger partial charge is 0.361 e. The molecule has 1 fully saturated rings. The summed E-state index contributed by atoms with van der Waals surface area (Å²) in [4.78, 5) is 12.6. The molecule has 0 aromatic rings. The molecule has 0 N–H and O–H groups in total. The van der Waals surface area contributed by atoms with Crippen molar-refractivity contribution in [2.45, 2.75) is 84.3 Å². The predicted molar refractivity (Wildman–Crippen MR) is 79.7 cm³/mol. The van der Waals surface area contributed by atoms with Crippen LogP contribution in [-0.2, 0) is 9.53 Å². The van der Waals surface area contributed by atoms with Crippen molar-refractivity contribution in [3.8, 4) is 0 Å². The second-order valence-electron chi connectivity index (χ2n) is 8.44. The fourth-order valence-electron chi connectivity index (χ4n) is 2.24. The van der Waals surface area contributed by atoms with Crippen molar-refractivity contribution in [2.24, 2.45) is 5.41 Å².